The summed E-state index contributed by atoms with van der Waals surface area (Å²) < 4.78 is 0. The molecule has 0 bridgehead atoms. The molecule has 0 heterocycles. The molecule has 0 aliphatic carbocycles. The number of hydrogen-bond donors (Lipinski definition) is 3. The summed E-state index contributed by atoms with van der Waals surface area (Å²) in [6, 6.07) is 14.0. The molecule has 0 saturated heterocycles. The van der Waals surface area contributed by atoms with E-state index < -0.39 is 24.0 Å². The molecule has 2 rings (SSSR count). The van der Waals surface area contributed by atoms with Crippen molar-refractivity contribution in [3.8, 4) is 0 Å². The third-order valence-electron chi connectivity index (χ3n) is 4.77. The predicted molar refractivity (Wildman–Crippen MR) is 128 cm³/mol. The van der Waals surface area contributed by atoms with Crippen molar-refractivity contribution >= 4 is 77.1 Å². The summed E-state index contributed by atoms with van der Waals surface area (Å²) >= 11 is 0. The van der Waals surface area contributed by atoms with Gasteiger partial charge in [-0.3, -0.25) is 0 Å². The Morgan fingerprint density at radius 3 is 2.06 bits per heavy atom. The molecule has 164 valence electrons. The predicted octanol–water partition coefficient (Wildman–Crippen LogP) is 2.49. The molecule has 0 spiro atoms. The number of urea groups is 1. The fraction of sp³-hybridized carbons (Fsp3) is 0.348. The number of carbonyl (C=O) groups excluding carboxylic acids is 1. The molecule has 0 aliphatic heterocycles. The summed E-state index contributed by atoms with van der Waals surface area (Å²) in [5.41, 5.74) is 1.78. The monoisotopic (exact) mass is 460 g/mol. The van der Waals surface area contributed by atoms with E-state index in [1.165, 1.54) is 12.1 Å². The van der Waals surface area contributed by atoms with Crippen LogP contribution < -0.4 is 5.32 Å². The number of carbonyl (C=O) groups is 3. The zero-order valence-electron chi connectivity index (χ0n) is 17.1. The van der Waals surface area contributed by atoms with Crippen molar-refractivity contribution in [2.45, 2.75) is 45.2 Å². The van der Waals surface area contributed by atoms with Crippen LogP contribution in [0.5, 0.6) is 0 Å². The number of hydrogen-bond acceptors (Lipinski definition) is 3. The van der Waals surface area contributed by atoms with Crippen LogP contribution in [0.4, 0.5) is 4.79 Å². The first kappa shape index (κ1) is 30.7. The molecule has 2 aromatic rings. The molecule has 9 heteroatoms. The minimum atomic E-state index is -1.09. The number of unbranched alkanes of at least 4 members (excludes halogenated alkanes) is 2. The first-order valence-corrected chi connectivity index (χ1v) is 10.0. The molecule has 32 heavy (non-hydrogen) atoms. The van der Waals surface area contributed by atoms with Gasteiger partial charge in [0, 0.05) is 19.5 Å². The Balaban J connectivity index is 0.00000480. The van der Waals surface area contributed by atoms with Gasteiger partial charge in [0.15, 0.2) is 0 Å². The van der Waals surface area contributed by atoms with E-state index in [9.17, 15) is 19.5 Å². The van der Waals surface area contributed by atoms with Gasteiger partial charge in [-0.05, 0) is 29.7 Å². The number of benzene rings is 2. The van der Waals surface area contributed by atoms with Crippen LogP contribution in [0.15, 0.2) is 54.6 Å². The van der Waals surface area contributed by atoms with E-state index in [0.717, 1.165) is 30.4 Å². The molecule has 0 aliphatic rings. The normalized spacial score (nSPS) is 10.8. The maximum atomic E-state index is 12.9. The van der Waals surface area contributed by atoms with Crippen molar-refractivity contribution in [1.29, 1.82) is 0 Å². The van der Waals surface area contributed by atoms with Crippen molar-refractivity contribution in [3.63, 3.8) is 0 Å². The van der Waals surface area contributed by atoms with Crippen molar-refractivity contribution < 1.29 is 24.6 Å². The Labute approximate surface area is 233 Å². The van der Waals surface area contributed by atoms with Crippen LogP contribution in [0, 0.1) is 0 Å². The first-order chi connectivity index (χ1) is 14.4. The van der Waals surface area contributed by atoms with Gasteiger partial charge in [0.25, 0.3) is 0 Å². The van der Waals surface area contributed by atoms with Gasteiger partial charge in [-0.1, -0.05) is 62.2 Å². The standard InChI is InChI=1S/C23H28N2O5.2Na.2H/c1-2-3-7-14-25(16-18-10-12-19(13-11-18)21(26)27)23(30)24-20(22(28)29)15-17-8-5-4-6-9-17;;;;/h4-6,8-13,20H,2-3,7,14-16H2,1H3,(H,24,30)(H,26,27)(H,28,29);;;;. The maximum absolute atomic E-state index is 12.9. The second-order valence-electron chi connectivity index (χ2n) is 7.16. The molecule has 0 fully saturated rings. The van der Waals surface area contributed by atoms with Crippen LogP contribution in [0.2, 0.25) is 0 Å². The molecule has 2 aromatic carbocycles. The third-order valence-corrected chi connectivity index (χ3v) is 4.77. The fourth-order valence-electron chi connectivity index (χ4n) is 3.07. The van der Waals surface area contributed by atoms with Crippen LogP contribution in [0.25, 0.3) is 0 Å². The van der Waals surface area contributed by atoms with E-state index in [-0.39, 0.29) is 77.6 Å². The molecule has 3 N–H and O–H groups in total. The number of aromatic carboxylic acids is 1. The number of nitrogens with one attached hydrogen (secondary N) is 1. The summed E-state index contributed by atoms with van der Waals surface area (Å²) in [7, 11) is 0. The SMILES string of the molecule is CCCCCN(Cc1ccc(C(=O)O)cc1)C(=O)NC(Cc1ccccc1)C(=O)O.[NaH].[NaH]. The Bertz CT molecular complexity index is 847. The number of nitrogens with zero attached hydrogens (tertiary/aromatic N) is 1. The minimum absolute atomic E-state index is 0. The average molecular weight is 460 g/mol. The molecular formula is C23H30N2Na2O5. The second kappa shape index (κ2) is 16.3. The first-order valence-electron chi connectivity index (χ1n) is 10.0. The van der Waals surface area contributed by atoms with E-state index >= 15 is 0 Å². The van der Waals surface area contributed by atoms with Crippen LogP contribution in [0.1, 0.15) is 47.7 Å². The summed E-state index contributed by atoms with van der Waals surface area (Å²) in [4.78, 5) is 37.2. The van der Waals surface area contributed by atoms with Crippen molar-refractivity contribution in [1.82, 2.24) is 10.2 Å². The van der Waals surface area contributed by atoms with Crippen molar-refractivity contribution in [2.24, 2.45) is 0 Å². The number of aliphatic carboxylic acids is 1. The van der Waals surface area contributed by atoms with Crippen molar-refractivity contribution in [2.75, 3.05) is 6.54 Å². The number of carboxylic acids is 2. The summed E-state index contributed by atoms with van der Waals surface area (Å²) in [6.07, 6.45) is 2.94. The van der Waals surface area contributed by atoms with E-state index in [2.05, 4.69) is 12.2 Å². The molecule has 1 unspecified atom stereocenters. The van der Waals surface area contributed by atoms with E-state index in [1.54, 1.807) is 17.0 Å². The molecule has 0 aromatic heterocycles. The van der Waals surface area contributed by atoms with Gasteiger partial charge >= 0.3 is 77.1 Å². The Kier molecular flexibility index (Phi) is 15.6. The summed E-state index contributed by atoms with van der Waals surface area (Å²) in [5.74, 6) is -2.10. The molecule has 0 saturated carbocycles. The zero-order chi connectivity index (χ0) is 21.9. The molecular weight excluding hydrogens is 430 g/mol. The van der Waals surface area contributed by atoms with E-state index in [1.807, 2.05) is 30.3 Å². The molecule has 1 atom stereocenters. The van der Waals surface area contributed by atoms with E-state index in [0.29, 0.717) is 6.54 Å². The fourth-order valence-corrected chi connectivity index (χ4v) is 3.07. The van der Waals surface area contributed by atoms with Gasteiger partial charge in [0.2, 0.25) is 0 Å². The molecule has 2 amide bonds. The Morgan fingerprint density at radius 1 is 0.906 bits per heavy atom. The Hall–Kier alpha value is -1.35. The topological polar surface area (TPSA) is 107 Å². The summed E-state index contributed by atoms with van der Waals surface area (Å²) in [5, 5.41) is 21.2. The molecule has 7 nitrogen and oxygen atoms in total. The Morgan fingerprint density at radius 2 is 1.53 bits per heavy atom. The second-order valence-corrected chi connectivity index (χ2v) is 7.16. The average Bonchev–Trinajstić information content (AvgIpc) is 2.73. The van der Waals surface area contributed by atoms with E-state index in [4.69, 9.17) is 5.11 Å². The van der Waals surface area contributed by atoms with Crippen LogP contribution >= 0.6 is 0 Å². The van der Waals surface area contributed by atoms with Gasteiger partial charge < -0.3 is 20.4 Å². The van der Waals surface area contributed by atoms with Crippen LogP contribution in [0.3, 0.4) is 0 Å². The number of amides is 2. The van der Waals surface area contributed by atoms with Crippen molar-refractivity contribution in [3.05, 3.63) is 71.3 Å². The van der Waals surface area contributed by atoms with Gasteiger partial charge in [-0.2, -0.15) is 0 Å². The summed E-state index contributed by atoms with van der Waals surface area (Å²) in [6.45, 7) is 2.82. The number of rotatable bonds is 11. The van der Waals surface area contributed by atoms with Crippen LogP contribution in [-0.4, -0.2) is 105 Å². The third kappa shape index (κ3) is 10.5. The zero-order valence-corrected chi connectivity index (χ0v) is 17.1. The van der Waals surface area contributed by atoms with Gasteiger partial charge in [-0.15, -0.1) is 0 Å². The van der Waals surface area contributed by atoms with Gasteiger partial charge in [0.1, 0.15) is 6.04 Å². The molecule has 0 radical (unpaired) electrons. The quantitative estimate of drug-likeness (QED) is 0.353. The van der Waals surface area contributed by atoms with Crippen LogP contribution in [-0.2, 0) is 17.8 Å². The number of carboxylic acid groups (broad SMARTS) is 2. The van der Waals surface area contributed by atoms with Gasteiger partial charge in [0.05, 0.1) is 5.56 Å². The van der Waals surface area contributed by atoms with Gasteiger partial charge in [-0.25, -0.2) is 14.4 Å².